The minimum absolute atomic E-state index is 0.300. The lowest BCUT2D eigenvalue weighted by Gasteiger charge is -2.13. The van der Waals surface area contributed by atoms with E-state index in [0.717, 1.165) is 36.9 Å². The molecule has 1 saturated heterocycles. The minimum Gasteiger partial charge on any atom is -0.396 e. The van der Waals surface area contributed by atoms with Crippen molar-refractivity contribution in [3.8, 4) is 0 Å². The van der Waals surface area contributed by atoms with E-state index in [-0.39, 0.29) is 0 Å². The largest absolute Gasteiger partial charge is 0.396 e. The maximum absolute atomic E-state index is 8.88. The summed E-state index contributed by atoms with van der Waals surface area (Å²) in [6, 6.07) is 0. The third-order valence-corrected chi connectivity index (χ3v) is 3.68. The Morgan fingerprint density at radius 3 is 3.13 bits per heavy atom. The van der Waals surface area contributed by atoms with E-state index in [1.165, 1.54) is 18.0 Å². The van der Waals surface area contributed by atoms with Crippen molar-refractivity contribution in [3.05, 3.63) is 5.82 Å². The Morgan fingerprint density at radius 2 is 2.47 bits per heavy atom. The predicted octanol–water partition coefficient (Wildman–Crippen LogP) is 1.31. The summed E-state index contributed by atoms with van der Waals surface area (Å²) in [6.07, 6.45) is 2.99. The SMILES string of the molecule is CCc1nsc(N2CCC(CCO)C2)n1. The summed E-state index contributed by atoms with van der Waals surface area (Å²) in [6.45, 7) is 4.46. The zero-order valence-corrected chi connectivity index (χ0v) is 9.83. The molecule has 5 heteroatoms. The fourth-order valence-electron chi connectivity index (χ4n) is 1.94. The fraction of sp³-hybridized carbons (Fsp3) is 0.800. The summed E-state index contributed by atoms with van der Waals surface area (Å²) in [5, 5.41) is 9.93. The quantitative estimate of drug-likeness (QED) is 0.842. The lowest BCUT2D eigenvalue weighted by molar-refractivity contribution is 0.263. The lowest BCUT2D eigenvalue weighted by atomic mass is 10.1. The van der Waals surface area contributed by atoms with Crippen LogP contribution in [0.25, 0.3) is 0 Å². The van der Waals surface area contributed by atoms with Crippen LogP contribution in [0.1, 0.15) is 25.6 Å². The van der Waals surface area contributed by atoms with Crippen LogP contribution in [-0.2, 0) is 6.42 Å². The molecule has 1 fully saturated rings. The van der Waals surface area contributed by atoms with E-state index < -0.39 is 0 Å². The molecule has 2 heterocycles. The zero-order chi connectivity index (χ0) is 10.7. The number of aromatic nitrogens is 2. The third-order valence-electron chi connectivity index (χ3n) is 2.87. The summed E-state index contributed by atoms with van der Waals surface area (Å²) in [5.74, 6) is 1.57. The molecule has 0 saturated carbocycles. The van der Waals surface area contributed by atoms with Crippen molar-refractivity contribution in [2.24, 2.45) is 5.92 Å². The van der Waals surface area contributed by atoms with E-state index in [1.54, 1.807) is 0 Å². The molecular weight excluding hydrogens is 210 g/mol. The Kier molecular flexibility index (Phi) is 3.53. The number of aryl methyl sites for hydroxylation is 1. The molecule has 15 heavy (non-hydrogen) atoms. The summed E-state index contributed by atoms with van der Waals surface area (Å²) in [4.78, 5) is 6.76. The number of aliphatic hydroxyl groups excluding tert-OH is 1. The van der Waals surface area contributed by atoms with Crippen LogP contribution in [-0.4, -0.2) is 34.2 Å². The average molecular weight is 227 g/mol. The maximum Gasteiger partial charge on any atom is 0.205 e. The van der Waals surface area contributed by atoms with Crippen LogP contribution in [0.3, 0.4) is 0 Å². The Hall–Kier alpha value is -0.680. The highest BCUT2D eigenvalue weighted by Gasteiger charge is 2.24. The molecule has 1 atom stereocenters. The van der Waals surface area contributed by atoms with Gasteiger partial charge in [-0.05, 0) is 18.8 Å². The first kappa shape index (κ1) is 10.8. The number of aliphatic hydroxyl groups is 1. The number of hydrogen-bond donors (Lipinski definition) is 1. The van der Waals surface area contributed by atoms with Gasteiger partial charge in [-0.1, -0.05) is 6.92 Å². The van der Waals surface area contributed by atoms with Gasteiger partial charge in [0.15, 0.2) is 0 Å². The molecule has 0 spiro atoms. The lowest BCUT2D eigenvalue weighted by Crippen LogP contribution is -2.19. The predicted molar refractivity (Wildman–Crippen MR) is 61.3 cm³/mol. The molecule has 1 aromatic rings. The van der Waals surface area contributed by atoms with Crippen LogP contribution in [0, 0.1) is 5.92 Å². The first-order valence-electron chi connectivity index (χ1n) is 5.52. The molecule has 0 amide bonds. The van der Waals surface area contributed by atoms with E-state index >= 15 is 0 Å². The molecule has 0 aliphatic carbocycles. The molecule has 84 valence electrons. The van der Waals surface area contributed by atoms with E-state index in [4.69, 9.17) is 5.11 Å². The monoisotopic (exact) mass is 227 g/mol. The van der Waals surface area contributed by atoms with Gasteiger partial charge in [0.25, 0.3) is 0 Å². The van der Waals surface area contributed by atoms with Gasteiger partial charge in [-0.3, -0.25) is 0 Å². The number of rotatable bonds is 4. The van der Waals surface area contributed by atoms with E-state index in [1.807, 2.05) is 0 Å². The molecule has 1 aliphatic rings. The topological polar surface area (TPSA) is 49.2 Å². The molecule has 1 aliphatic heterocycles. The van der Waals surface area contributed by atoms with Gasteiger partial charge >= 0.3 is 0 Å². The number of anilines is 1. The normalized spacial score (nSPS) is 21.2. The summed E-state index contributed by atoms with van der Waals surface area (Å²) < 4.78 is 4.29. The van der Waals surface area contributed by atoms with Crippen molar-refractivity contribution in [1.29, 1.82) is 0 Å². The number of nitrogens with zero attached hydrogens (tertiary/aromatic N) is 3. The van der Waals surface area contributed by atoms with Crippen molar-refractivity contribution in [2.45, 2.75) is 26.2 Å². The number of hydrogen-bond acceptors (Lipinski definition) is 5. The molecule has 4 nitrogen and oxygen atoms in total. The van der Waals surface area contributed by atoms with Crippen molar-refractivity contribution in [1.82, 2.24) is 9.36 Å². The molecule has 0 bridgehead atoms. The molecule has 0 aromatic carbocycles. The Morgan fingerprint density at radius 1 is 1.60 bits per heavy atom. The van der Waals surface area contributed by atoms with E-state index in [2.05, 4.69) is 21.2 Å². The van der Waals surface area contributed by atoms with Gasteiger partial charge < -0.3 is 10.0 Å². The van der Waals surface area contributed by atoms with Crippen molar-refractivity contribution < 1.29 is 5.11 Å². The van der Waals surface area contributed by atoms with Gasteiger partial charge in [-0.15, -0.1) is 0 Å². The van der Waals surface area contributed by atoms with Crippen LogP contribution in [0.2, 0.25) is 0 Å². The van der Waals surface area contributed by atoms with Crippen LogP contribution < -0.4 is 4.90 Å². The Bertz CT molecular complexity index is 315. The smallest absolute Gasteiger partial charge is 0.205 e. The second kappa shape index (κ2) is 4.90. The standard InChI is InChI=1S/C10H17N3OS/c1-2-9-11-10(15-12-9)13-5-3-8(7-13)4-6-14/h8,14H,2-7H2,1H3. The summed E-state index contributed by atoms with van der Waals surface area (Å²) in [7, 11) is 0. The summed E-state index contributed by atoms with van der Waals surface area (Å²) in [5.41, 5.74) is 0. The highest BCUT2D eigenvalue weighted by molar-refractivity contribution is 7.09. The molecular formula is C10H17N3OS. The van der Waals surface area contributed by atoms with E-state index in [0.29, 0.717) is 12.5 Å². The van der Waals surface area contributed by atoms with Gasteiger partial charge in [-0.25, -0.2) is 4.98 Å². The molecule has 1 N–H and O–H groups in total. The Balaban J connectivity index is 1.95. The van der Waals surface area contributed by atoms with Gasteiger partial charge in [0.05, 0.1) is 0 Å². The Labute approximate surface area is 94.1 Å². The molecule has 0 radical (unpaired) electrons. The average Bonchev–Trinajstić information content (AvgIpc) is 2.85. The third kappa shape index (κ3) is 2.46. The van der Waals surface area contributed by atoms with Crippen LogP contribution in [0.4, 0.5) is 5.13 Å². The highest BCUT2D eigenvalue weighted by Crippen LogP contribution is 2.26. The van der Waals surface area contributed by atoms with Gasteiger partial charge in [-0.2, -0.15) is 4.37 Å². The highest BCUT2D eigenvalue weighted by atomic mass is 32.1. The minimum atomic E-state index is 0.300. The zero-order valence-electron chi connectivity index (χ0n) is 9.02. The molecule has 1 aromatic heterocycles. The first-order valence-corrected chi connectivity index (χ1v) is 6.29. The summed E-state index contributed by atoms with van der Waals surface area (Å²) >= 11 is 1.49. The van der Waals surface area contributed by atoms with Crippen molar-refractivity contribution in [3.63, 3.8) is 0 Å². The molecule has 2 rings (SSSR count). The van der Waals surface area contributed by atoms with Crippen LogP contribution in [0.15, 0.2) is 0 Å². The maximum atomic E-state index is 8.88. The first-order chi connectivity index (χ1) is 7.33. The van der Waals surface area contributed by atoms with Gasteiger partial charge in [0.1, 0.15) is 5.82 Å². The van der Waals surface area contributed by atoms with Crippen LogP contribution >= 0.6 is 11.5 Å². The van der Waals surface area contributed by atoms with Crippen molar-refractivity contribution in [2.75, 3.05) is 24.6 Å². The van der Waals surface area contributed by atoms with Gasteiger partial charge in [0.2, 0.25) is 5.13 Å². The fourth-order valence-corrected chi connectivity index (χ4v) is 2.73. The second-order valence-electron chi connectivity index (χ2n) is 3.96. The van der Waals surface area contributed by atoms with Gasteiger partial charge in [0, 0.05) is 37.6 Å². The van der Waals surface area contributed by atoms with Crippen molar-refractivity contribution >= 4 is 16.7 Å². The van der Waals surface area contributed by atoms with E-state index in [9.17, 15) is 0 Å². The second-order valence-corrected chi connectivity index (χ2v) is 4.69. The molecule has 1 unspecified atom stereocenters. The van der Waals surface area contributed by atoms with Crippen LogP contribution in [0.5, 0.6) is 0 Å².